The number of aromatic hydroxyl groups is 6. The molecule has 14 rings (SSSR count). The number of aromatic nitrogens is 7. The van der Waals surface area contributed by atoms with Crippen molar-refractivity contribution in [3.63, 3.8) is 0 Å². The molecule has 0 spiro atoms. The first-order valence-electron chi connectivity index (χ1n) is 33.6. The van der Waals surface area contributed by atoms with Gasteiger partial charge in [-0.3, -0.25) is 14.8 Å². The number of phenols is 6. The summed E-state index contributed by atoms with van der Waals surface area (Å²) in [6.45, 7) is 34.1. The number of nitrogens with zero attached hydrogens (tertiary/aromatic N) is 7. The Bertz CT molecular complexity index is 3610. The summed E-state index contributed by atoms with van der Waals surface area (Å²) in [5.41, 5.74) is 4.40. The van der Waals surface area contributed by atoms with Gasteiger partial charge in [-0.1, -0.05) is 286 Å². The number of allylic oxidation sites excluding steroid dienone is 3. The molecule has 0 fully saturated rings. The average Bonchev–Trinajstić information content (AvgIpc) is 0.947. The molecule has 8 N–H and O–H groups in total. The number of hydrogen-bond acceptors (Lipinski definition) is 16. The lowest BCUT2D eigenvalue weighted by Crippen LogP contribution is -1.90. The van der Waals surface area contributed by atoms with E-state index in [-0.39, 0.29) is 34.5 Å². The van der Waals surface area contributed by atoms with Crippen LogP contribution in [0.3, 0.4) is 0 Å². The summed E-state index contributed by atoms with van der Waals surface area (Å²) in [6, 6.07) is 71.0. The summed E-state index contributed by atoms with van der Waals surface area (Å²) in [6.07, 6.45) is 13.7. The van der Waals surface area contributed by atoms with E-state index in [1.165, 1.54) is 40.9 Å². The summed E-state index contributed by atoms with van der Waals surface area (Å²) >= 11 is 0. The van der Waals surface area contributed by atoms with Crippen molar-refractivity contribution in [3.8, 4) is 34.5 Å². The van der Waals surface area contributed by atoms with Crippen LogP contribution in [-0.2, 0) is 4.79 Å². The Labute approximate surface area is 594 Å². The number of carbonyl (C=O) groups excluding carboxylic acids is 1. The number of fused-ring (bicyclic) bond motifs is 5. The lowest BCUT2D eigenvalue weighted by molar-refractivity contribution is -0.113. The van der Waals surface area contributed by atoms with Crippen LogP contribution in [0, 0.1) is 6.92 Å². The van der Waals surface area contributed by atoms with Crippen LogP contribution in [0.15, 0.2) is 292 Å². The van der Waals surface area contributed by atoms with Crippen LogP contribution in [0.5, 0.6) is 34.5 Å². The second kappa shape index (κ2) is 66.0. The van der Waals surface area contributed by atoms with E-state index in [2.05, 4.69) is 103 Å². The monoisotopic (exact) mass is 1360 g/mol. The fraction of sp³-hybridized carbons (Fsp3) is 0.214. The predicted octanol–water partition coefficient (Wildman–Crippen LogP) is 22.0. The molecule has 0 aliphatic heterocycles. The minimum Gasteiger partial charge on any atom is -0.508 e. The van der Waals surface area contributed by atoms with E-state index in [4.69, 9.17) is 20.4 Å². The summed E-state index contributed by atoms with van der Waals surface area (Å²) < 4.78 is 0. The van der Waals surface area contributed by atoms with Crippen molar-refractivity contribution in [2.24, 2.45) is 0 Å². The Morgan fingerprint density at radius 1 is 0.310 bits per heavy atom. The molecule has 16 heteroatoms. The zero-order valence-electron chi connectivity index (χ0n) is 61.8. The molecular formula is C84H109N7O9. The number of para-hydroxylation sites is 5. The summed E-state index contributed by atoms with van der Waals surface area (Å²) in [5.74, 6) is 0.962. The second-order valence-corrected chi connectivity index (χ2v) is 17.0. The van der Waals surface area contributed by atoms with Crippen molar-refractivity contribution in [1.29, 1.82) is 0 Å². The number of pyridine rings is 1. The highest BCUT2D eigenvalue weighted by atomic mass is 16.3. The topological polar surface area (TPSA) is 269 Å². The van der Waals surface area contributed by atoms with Crippen LogP contribution in [0.2, 0.25) is 0 Å². The highest BCUT2D eigenvalue weighted by Crippen LogP contribution is 2.23. The van der Waals surface area contributed by atoms with Crippen molar-refractivity contribution >= 4 is 60.3 Å². The molecule has 1 aliphatic carbocycles. The molecule has 0 atom stereocenters. The number of aliphatic hydroxyl groups is 2. The zero-order chi connectivity index (χ0) is 76.2. The van der Waals surface area contributed by atoms with Gasteiger partial charge in [0.2, 0.25) is 5.78 Å². The number of aryl methyl sites for hydroxylation is 1. The van der Waals surface area contributed by atoms with E-state index in [9.17, 15) is 25.2 Å². The van der Waals surface area contributed by atoms with Crippen molar-refractivity contribution in [2.45, 2.75) is 118 Å². The largest absolute Gasteiger partial charge is 0.508 e. The van der Waals surface area contributed by atoms with Gasteiger partial charge in [0.1, 0.15) is 62.9 Å². The van der Waals surface area contributed by atoms with E-state index in [1.807, 2.05) is 184 Å². The fourth-order valence-corrected chi connectivity index (χ4v) is 6.98. The molecule has 0 saturated heterocycles. The fourth-order valence-electron chi connectivity index (χ4n) is 6.98. The van der Waals surface area contributed by atoms with Crippen molar-refractivity contribution < 1.29 is 45.6 Å². The number of ketones is 1. The highest BCUT2D eigenvalue weighted by Gasteiger charge is 2.05. The zero-order valence-corrected chi connectivity index (χ0v) is 61.8. The Morgan fingerprint density at radius 2 is 0.670 bits per heavy atom. The first kappa shape index (κ1) is 94.8. The third-order valence-corrected chi connectivity index (χ3v) is 11.0. The first-order chi connectivity index (χ1) is 49.0. The van der Waals surface area contributed by atoms with Gasteiger partial charge in [-0.15, -0.1) is 5.10 Å². The van der Waals surface area contributed by atoms with E-state index in [1.54, 1.807) is 128 Å². The van der Waals surface area contributed by atoms with Crippen molar-refractivity contribution in [2.75, 3.05) is 7.11 Å². The molecule has 4 aromatic heterocycles. The van der Waals surface area contributed by atoms with Gasteiger partial charge < -0.3 is 40.9 Å². The molecule has 0 saturated carbocycles. The molecular weight excluding hydrogens is 1250 g/mol. The molecule has 534 valence electrons. The minimum absolute atomic E-state index is 0.167. The van der Waals surface area contributed by atoms with Gasteiger partial charge in [0.15, 0.2) is 5.76 Å². The first-order valence-corrected chi connectivity index (χ1v) is 33.6. The second-order valence-electron chi connectivity index (χ2n) is 17.0. The Balaban J connectivity index is -0.000000506. The molecule has 13 aromatic rings. The number of carbonyl (C=O) groups is 1. The van der Waals surface area contributed by atoms with Gasteiger partial charge in [0.25, 0.3) is 0 Å². The summed E-state index contributed by atoms with van der Waals surface area (Å²) in [4.78, 5) is 29.9. The maximum Gasteiger partial charge on any atom is 0.220 e. The van der Waals surface area contributed by atoms with Crippen LogP contribution in [-0.4, -0.2) is 88.9 Å². The smallest absolute Gasteiger partial charge is 0.220 e. The molecule has 4 heterocycles. The number of benzene rings is 9. The lowest BCUT2D eigenvalue weighted by Gasteiger charge is -1.96. The van der Waals surface area contributed by atoms with Gasteiger partial charge in [0, 0.05) is 48.1 Å². The maximum atomic E-state index is 10.2. The third kappa shape index (κ3) is 40.7. The van der Waals surface area contributed by atoms with Crippen LogP contribution in [0.1, 0.15) is 116 Å². The van der Waals surface area contributed by atoms with Gasteiger partial charge >= 0.3 is 0 Å². The molecule has 0 unspecified atom stereocenters. The van der Waals surface area contributed by atoms with Crippen LogP contribution >= 0.6 is 0 Å². The molecule has 1 aliphatic rings. The van der Waals surface area contributed by atoms with Gasteiger partial charge in [0.05, 0.1) is 11.7 Å². The van der Waals surface area contributed by atoms with E-state index < -0.39 is 0 Å². The highest BCUT2D eigenvalue weighted by molar-refractivity contribution is 6.04. The minimum atomic E-state index is -0.306. The number of phenolic OH excluding ortho intramolecular Hbond substituents is 6. The van der Waals surface area contributed by atoms with E-state index in [0.717, 1.165) is 23.3 Å². The normalized spacial score (nSPS) is 9.07. The standard InChI is InChI=1S/C10H8.C9H7NO.3C8H6N2O.C7H8.2C6H6O.C5H4O2.8C2H6.CH4O/c1-2-6-10-8-4-3-7-9(10)5-1;11-8-5-1-3-7-4-2-6-10-9(7)8;11-7-3-1-2-6-4-9-5-10-8(6)7;11-7-3-1-2-6-8(7)10-5-4-9-6;11-7-3-1-2-6-4-5-9-10-8(6)7;1-7-5-3-2-4-6-7;2*7-6-4-2-1-3-5-6;6-4-2-1-3-5(4)7;9*1-2/h1-8H;1-6,11H;3*1-5,11H;2-6H,1H3;2*1-5,7H;1-3H,(H,6,7);8*1-2H3;2H,1H3. The van der Waals surface area contributed by atoms with Gasteiger partial charge in [-0.2, -0.15) is 5.10 Å². The molecule has 0 radical (unpaired) electrons. The third-order valence-electron chi connectivity index (χ3n) is 11.0. The Hall–Kier alpha value is -11.6. The average molecular weight is 1360 g/mol. The molecule has 0 bridgehead atoms. The van der Waals surface area contributed by atoms with Gasteiger partial charge in [-0.05, 0) is 96.6 Å². The number of aliphatic hydroxyl groups excluding tert-OH is 2. The van der Waals surface area contributed by atoms with Crippen molar-refractivity contribution in [1.82, 2.24) is 35.1 Å². The molecule has 0 amide bonds. The molecule has 100 heavy (non-hydrogen) atoms. The molecule has 9 aromatic carbocycles. The van der Waals surface area contributed by atoms with Crippen LogP contribution in [0.4, 0.5) is 0 Å². The number of rotatable bonds is 0. The van der Waals surface area contributed by atoms with Crippen molar-refractivity contribution in [3.05, 3.63) is 297 Å². The summed E-state index contributed by atoms with van der Waals surface area (Å²) in [5, 5.41) is 82.6. The van der Waals surface area contributed by atoms with E-state index >= 15 is 0 Å². The number of hydrogen-bond donors (Lipinski definition) is 8. The summed E-state index contributed by atoms with van der Waals surface area (Å²) in [7, 11) is 1.00. The quantitative estimate of drug-likeness (QED) is 0.0701. The Kier molecular flexibility index (Phi) is 62.6. The van der Waals surface area contributed by atoms with Crippen LogP contribution < -0.4 is 0 Å². The Morgan fingerprint density at radius 3 is 1.03 bits per heavy atom. The SMILES string of the molecule is CC.CC.CC.CC.CC.CC.CC.CC.CO.Cc1ccccc1.O=C1C=CC=C1O.Oc1cccc2cccnc12.Oc1cccc2ccnnc12.Oc1cccc2cncnc12.Oc1cccc2nccnc12.Oc1ccccc1.Oc1ccccc1.c1ccc2ccccc2c1. The maximum absolute atomic E-state index is 10.2. The lowest BCUT2D eigenvalue weighted by atomic mass is 10.1. The van der Waals surface area contributed by atoms with E-state index in [0.29, 0.717) is 39.1 Å². The predicted molar refractivity (Wildman–Crippen MR) is 422 cm³/mol. The molecule has 16 nitrogen and oxygen atoms in total. The van der Waals surface area contributed by atoms with Gasteiger partial charge in [-0.25, -0.2) is 15.0 Å². The van der Waals surface area contributed by atoms with Crippen LogP contribution in [0.25, 0.3) is 54.5 Å².